The summed E-state index contributed by atoms with van der Waals surface area (Å²) in [5, 5.41) is 7.33. The number of urea groups is 1. The quantitative estimate of drug-likeness (QED) is 0.862. The molecule has 1 aliphatic heterocycles. The Bertz CT molecular complexity index is 597. The molecule has 2 heterocycles. The number of nitrogens with one attached hydrogen (secondary N) is 1. The average Bonchev–Trinajstić information content (AvgIpc) is 2.92. The monoisotopic (exact) mass is 337 g/mol. The molecule has 0 radical (unpaired) electrons. The lowest BCUT2D eigenvalue weighted by Crippen LogP contribution is -2.43. The van der Waals surface area contributed by atoms with Gasteiger partial charge in [0.05, 0.1) is 37.1 Å². The van der Waals surface area contributed by atoms with E-state index in [0.29, 0.717) is 26.2 Å². The number of amides is 3. The van der Waals surface area contributed by atoms with Gasteiger partial charge in [0, 0.05) is 20.6 Å². The van der Waals surface area contributed by atoms with Gasteiger partial charge in [-0.2, -0.15) is 5.10 Å². The molecule has 0 bridgehead atoms. The highest BCUT2D eigenvalue weighted by Crippen LogP contribution is 2.14. The molecule has 0 saturated heterocycles. The maximum atomic E-state index is 12.0. The van der Waals surface area contributed by atoms with E-state index in [9.17, 15) is 9.59 Å². The highest BCUT2D eigenvalue weighted by molar-refractivity contribution is 5.80. The molecule has 1 aromatic rings. The summed E-state index contributed by atoms with van der Waals surface area (Å²) < 4.78 is 7.36. The van der Waals surface area contributed by atoms with Gasteiger partial charge in [0.25, 0.3) is 0 Å². The molecule has 0 spiro atoms. The van der Waals surface area contributed by atoms with Crippen LogP contribution >= 0.6 is 0 Å². The van der Waals surface area contributed by atoms with Crippen molar-refractivity contribution in [1.29, 1.82) is 0 Å². The summed E-state index contributed by atoms with van der Waals surface area (Å²) in [6.07, 6.45) is -0.485. The maximum absolute atomic E-state index is 12.0. The number of ether oxygens (including phenoxy) is 1. The van der Waals surface area contributed by atoms with Gasteiger partial charge in [0.2, 0.25) is 5.91 Å². The smallest absolute Gasteiger partial charge is 0.319 e. The molecule has 1 atom stereocenters. The minimum absolute atomic E-state index is 0.00281. The SMILES string of the molecule is CC(C)OC(C)C(=O)NCc1cc2n(n1)CCN(C(=O)N(C)C)C2. The fraction of sp³-hybridized carbons (Fsp3) is 0.688. The third-order valence-corrected chi connectivity index (χ3v) is 3.79. The molecular formula is C16H27N5O3. The Morgan fingerprint density at radius 1 is 1.33 bits per heavy atom. The topological polar surface area (TPSA) is 79.7 Å². The van der Waals surface area contributed by atoms with Crippen LogP contribution in [-0.2, 0) is 29.2 Å². The first kappa shape index (κ1) is 18.3. The first-order valence-electron chi connectivity index (χ1n) is 8.23. The van der Waals surface area contributed by atoms with Crippen LogP contribution in [-0.4, -0.2) is 64.4 Å². The summed E-state index contributed by atoms with van der Waals surface area (Å²) in [6, 6.07) is 1.93. The first-order valence-corrected chi connectivity index (χ1v) is 8.23. The number of carbonyl (C=O) groups is 2. The molecule has 1 N–H and O–H groups in total. The second-order valence-corrected chi connectivity index (χ2v) is 6.49. The van der Waals surface area contributed by atoms with Gasteiger partial charge in [-0.25, -0.2) is 4.79 Å². The molecule has 1 unspecified atom stereocenters. The maximum Gasteiger partial charge on any atom is 0.319 e. The van der Waals surface area contributed by atoms with Crippen molar-refractivity contribution in [2.45, 2.75) is 52.6 Å². The van der Waals surface area contributed by atoms with Crippen molar-refractivity contribution in [3.05, 3.63) is 17.5 Å². The molecule has 2 rings (SSSR count). The van der Waals surface area contributed by atoms with Gasteiger partial charge in [-0.1, -0.05) is 0 Å². The van der Waals surface area contributed by atoms with Crippen LogP contribution in [0.15, 0.2) is 6.07 Å². The van der Waals surface area contributed by atoms with E-state index in [1.165, 1.54) is 0 Å². The minimum atomic E-state index is -0.490. The third kappa shape index (κ3) is 4.47. The molecule has 3 amide bonds. The number of rotatable bonds is 5. The molecule has 8 nitrogen and oxygen atoms in total. The Morgan fingerprint density at radius 3 is 2.67 bits per heavy atom. The fourth-order valence-electron chi connectivity index (χ4n) is 2.65. The predicted molar refractivity (Wildman–Crippen MR) is 89.2 cm³/mol. The van der Waals surface area contributed by atoms with Crippen molar-refractivity contribution in [2.75, 3.05) is 20.6 Å². The van der Waals surface area contributed by atoms with Crippen LogP contribution in [0.5, 0.6) is 0 Å². The average molecular weight is 337 g/mol. The van der Waals surface area contributed by atoms with Crippen LogP contribution in [0, 0.1) is 0 Å². The van der Waals surface area contributed by atoms with Gasteiger partial charge in [-0.05, 0) is 26.8 Å². The summed E-state index contributed by atoms with van der Waals surface area (Å²) in [5.74, 6) is -0.154. The lowest BCUT2D eigenvalue weighted by Gasteiger charge is -2.29. The highest BCUT2D eigenvalue weighted by Gasteiger charge is 2.23. The Morgan fingerprint density at radius 2 is 2.04 bits per heavy atom. The number of hydrogen-bond donors (Lipinski definition) is 1. The van der Waals surface area contributed by atoms with Gasteiger partial charge >= 0.3 is 6.03 Å². The third-order valence-electron chi connectivity index (χ3n) is 3.79. The first-order chi connectivity index (χ1) is 11.3. The van der Waals surface area contributed by atoms with E-state index >= 15 is 0 Å². The molecule has 0 fully saturated rings. The summed E-state index contributed by atoms with van der Waals surface area (Å²) in [4.78, 5) is 27.4. The van der Waals surface area contributed by atoms with Gasteiger partial charge in [0.1, 0.15) is 6.10 Å². The van der Waals surface area contributed by atoms with E-state index in [1.54, 1.807) is 30.8 Å². The second-order valence-electron chi connectivity index (χ2n) is 6.49. The summed E-state index contributed by atoms with van der Waals surface area (Å²) in [5.41, 5.74) is 1.77. The Balaban J connectivity index is 1.92. The predicted octanol–water partition coefficient (Wildman–Crippen LogP) is 0.810. The Hall–Kier alpha value is -2.09. The summed E-state index contributed by atoms with van der Waals surface area (Å²) >= 11 is 0. The lowest BCUT2D eigenvalue weighted by atomic mass is 10.3. The Kier molecular flexibility index (Phi) is 5.82. The minimum Gasteiger partial charge on any atom is -0.366 e. The van der Waals surface area contributed by atoms with E-state index in [1.807, 2.05) is 24.6 Å². The highest BCUT2D eigenvalue weighted by atomic mass is 16.5. The molecule has 0 saturated carbocycles. The van der Waals surface area contributed by atoms with Crippen LogP contribution < -0.4 is 5.32 Å². The van der Waals surface area contributed by atoms with Gasteiger partial charge in [-0.15, -0.1) is 0 Å². The Labute approximate surface area is 142 Å². The number of nitrogens with zero attached hydrogens (tertiary/aromatic N) is 4. The van der Waals surface area contributed by atoms with Gasteiger partial charge in [0.15, 0.2) is 0 Å². The van der Waals surface area contributed by atoms with Crippen LogP contribution in [0.1, 0.15) is 32.2 Å². The molecule has 0 aromatic carbocycles. The molecule has 1 aliphatic rings. The second kappa shape index (κ2) is 7.65. The van der Waals surface area contributed by atoms with Gasteiger partial charge in [-0.3, -0.25) is 9.48 Å². The van der Waals surface area contributed by atoms with Crippen LogP contribution in [0.4, 0.5) is 4.79 Å². The van der Waals surface area contributed by atoms with Crippen LogP contribution in [0.2, 0.25) is 0 Å². The number of fused-ring (bicyclic) bond motifs is 1. The van der Waals surface area contributed by atoms with Crippen LogP contribution in [0.25, 0.3) is 0 Å². The van der Waals surface area contributed by atoms with Gasteiger partial charge < -0.3 is 19.9 Å². The molecule has 134 valence electrons. The largest absolute Gasteiger partial charge is 0.366 e. The van der Waals surface area contributed by atoms with Crippen molar-refractivity contribution in [1.82, 2.24) is 24.9 Å². The fourth-order valence-corrected chi connectivity index (χ4v) is 2.65. The van der Waals surface area contributed by atoms with E-state index in [2.05, 4.69) is 10.4 Å². The van der Waals surface area contributed by atoms with Crippen molar-refractivity contribution in [3.8, 4) is 0 Å². The number of carbonyl (C=O) groups excluding carboxylic acids is 2. The molecule has 0 aliphatic carbocycles. The van der Waals surface area contributed by atoms with E-state index in [0.717, 1.165) is 11.4 Å². The standard InChI is InChI=1S/C16H27N5O3/c1-11(2)24-12(3)15(22)17-9-13-8-14-10-20(16(23)19(4)5)6-7-21(14)18-13/h8,11-12H,6-7,9-10H2,1-5H3,(H,17,22). The summed E-state index contributed by atoms with van der Waals surface area (Å²) in [7, 11) is 3.49. The van der Waals surface area contributed by atoms with Crippen molar-refractivity contribution in [2.24, 2.45) is 0 Å². The van der Waals surface area contributed by atoms with E-state index in [4.69, 9.17) is 4.74 Å². The lowest BCUT2D eigenvalue weighted by molar-refractivity contribution is -0.134. The van der Waals surface area contributed by atoms with Crippen LogP contribution in [0.3, 0.4) is 0 Å². The molecule has 1 aromatic heterocycles. The molecule has 24 heavy (non-hydrogen) atoms. The van der Waals surface area contributed by atoms with Crippen molar-refractivity contribution < 1.29 is 14.3 Å². The van der Waals surface area contributed by atoms with E-state index < -0.39 is 6.10 Å². The normalized spacial score (nSPS) is 15.2. The zero-order valence-electron chi connectivity index (χ0n) is 15.1. The van der Waals surface area contributed by atoms with E-state index in [-0.39, 0.29) is 18.0 Å². The van der Waals surface area contributed by atoms with Crippen molar-refractivity contribution >= 4 is 11.9 Å². The van der Waals surface area contributed by atoms with Crippen molar-refractivity contribution in [3.63, 3.8) is 0 Å². The molecule has 8 heteroatoms. The number of hydrogen-bond acceptors (Lipinski definition) is 4. The zero-order chi connectivity index (χ0) is 17.9. The zero-order valence-corrected chi connectivity index (χ0v) is 15.1. The molecular weight excluding hydrogens is 310 g/mol. The summed E-state index contributed by atoms with van der Waals surface area (Å²) in [6.45, 7) is 7.71. The number of aromatic nitrogens is 2.